The average Bonchev–Trinajstić information content (AvgIpc) is 3.72. The summed E-state index contributed by atoms with van der Waals surface area (Å²) in [4.78, 5) is 42.7. The molecule has 228 valence electrons. The molecule has 0 fully saturated rings. The fourth-order valence-corrected chi connectivity index (χ4v) is 5.51. The van der Waals surface area contributed by atoms with Gasteiger partial charge in [0, 0.05) is 29.0 Å². The summed E-state index contributed by atoms with van der Waals surface area (Å²) in [5.41, 5.74) is 11.7. The van der Waals surface area contributed by atoms with E-state index in [1.807, 2.05) is 66.5 Å². The first-order valence-corrected chi connectivity index (χ1v) is 14.8. The third-order valence-electron chi connectivity index (χ3n) is 7.00. The first-order valence-electron chi connectivity index (χ1n) is 14.0. The van der Waals surface area contributed by atoms with Gasteiger partial charge in [0.1, 0.15) is 23.8 Å². The number of nitrogens with zero attached hydrogens (tertiary/aromatic N) is 5. The van der Waals surface area contributed by atoms with Gasteiger partial charge in [0.15, 0.2) is 5.65 Å². The number of rotatable bonds is 12. The van der Waals surface area contributed by atoms with E-state index in [1.54, 1.807) is 18.5 Å². The Kier molecular flexibility index (Phi) is 9.66. The van der Waals surface area contributed by atoms with Crippen molar-refractivity contribution in [3.63, 3.8) is 0 Å². The van der Waals surface area contributed by atoms with Crippen LogP contribution in [-0.2, 0) is 28.9 Å². The van der Waals surface area contributed by atoms with Crippen LogP contribution in [0.4, 0.5) is 16.4 Å². The highest BCUT2D eigenvalue weighted by Gasteiger charge is 2.11. The van der Waals surface area contributed by atoms with Crippen LogP contribution < -0.4 is 16.0 Å². The highest BCUT2D eigenvalue weighted by molar-refractivity contribution is 7.16. The number of anilines is 2. The van der Waals surface area contributed by atoms with Gasteiger partial charge in [0.05, 0.1) is 18.6 Å². The predicted octanol–water partition coefficient (Wildman–Crippen LogP) is 4.80. The Hall–Kier alpha value is -5.74. The number of carboxylic acids is 1. The van der Waals surface area contributed by atoms with E-state index in [4.69, 9.17) is 20.8 Å². The number of carbonyl (C=O) groups is 2. The zero-order chi connectivity index (χ0) is 31.8. The summed E-state index contributed by atoms with van der Waals surface area (Å²) in [6.45, 7) is 1.07. The lowest BCUT2D eigenvalue weighted by Crippen LogP contribution is -2.28. The number of nitrogens with one attached hydrogen (secondary N) is 2. The molecule has 0 spiro atoms. The maximum atomic E-state index is 12.3. The number of hydrogen-bond donors (Lipinski definition) is 4. The van der Waals surface area contributed by atoms with E-state index in [2.05, 4.69) is 25.3 Å². The zero-order valence-electron chi connectivity index (χ0n) is 24.4. The average molecular weight is 623 g/mol. The lowest BCUT2D eigenvalue weighted by Gasteiger charge is -2.19. The quantitative estimate of drug-likeness (QED) is 0.111. The second-order valence-electron chi connectivity index (χ2n) is 10.1. The van der Waals surface area contributed by atoms with Crippen LogP contribution in [0.5, 0.6) is 0 Å². The van der Waals surface area contributed by atoms with Gasteiger partial charge in [-0.3, -0.25) is 0 Å². The van der Waals surface area contributed by atoms with Crippen molar-refractivity contribution >= 4 is 52.3 Å². The lowest BCUT2D eigenvalue weighted by molar-refractivity contribution is -0.132. The van der Waals surface area contributed by atoms with Gasteiger partial charge in [-0.05, 0) is 59.9 Å². The number of aromatic nitrogens is 4. The molecule has 45 heavy (non-hydrogen) atoms. The molecule has 0 atom stereocenters. The van der Waals surface area contributed by atoms with Crippen LogP contribution in [0.2, 0.25) is 0 Å². The standard InChI is InChI=1S/C32H30N8O4S/c1-40(24-9-7-22(8-10-24)27-13-11-25(45-27)16-23(17-33)30(41)42)14-15-44-32(43)35-18-21-4-2-20(3-5-21)6-12-26-28-29(37-19-36-28)39-31(34)38-26/h2-5,7-11,13,16,19H,6,12,14-15,18H2,1H3,(H,35,43)(H,41,42)(H3,34,36,37,38,39)/b23-16+. The summed E-state index contributed by atoms with van der Waals surface area (Å²) in [6, 6.07) is 21.2. The van der Waals surface area contributed by atoms with Crippen molar-refractivity contribution in [3.8, 4) is 16.5 Å². The number of nitrogen functional groups attached to an aromatic ring is 1. The number of carbonyl (C=O) groups excluding carboxylic acids is 1. The molecular formula is C32H30N8O4S. The molecule has 3 aromatic heterocycles. The topological polar surface area (TPSA) is 183 Å². The van der Waals surface area contributed by atoms with Crippen LogP contribution in [0, 0.1) is 11.3 Å². The number of carboxylic acid groups (broad SMARTS) is 1. The molecule has 5 rings (SSSR count). The molecule has 0 bridgehead atoms. The van der Waals surface area contributed by atoms with E-state index in [0.29, 0.717) is 30.0 Å². The number of amides is 1. The third kappa shape index (κ3) is 8.01. The van der Waals surface area contributed by atoms with Crippen molar-refractivity contribution in [3.05, 3.63) is 94.3 Å². The van der Waals surface area contributed by atoms with Gasteiger partial charge in [0.2, 0.25) is 5.95 Å². The van der Waals surface area contributed by atoms with Crippen LogP contribution >= 0.6 is 11.3 Å². The highest BCUT2D eigenvalue weighted by atomic mass is 32.1. The monoisotopic (exact) mass is 622 g/mol. The lowest BCUT2D eigenvalue weighted by atomic mass is 10.1. The number of imidazole rings is 1. The number of nitrogens with two attached hydrogens (primary N) is 1. The number of alkyl carbamates (subject to hydrolysis) is 1. The molecule has 0 saturated carbocycles. The van der Waals surface area contributed by atoms with Gasteiger partial charge >= 0.3 is 12.1 Å². The van der Waals surface area contributed by atoms with Gasteiger partial charge in [0.25, 0.3) is 0 Å². The van der Waals surface area contributed by atoms with Crippen LogP contribution in [0.25, 0.3) is 27.7 Å². The van der Waals surface area contributed by atoms with Gasteiger partial charge in [-0.1, -0.05) is 36.4 Å². The van der Waals surface area contributed by atoms with Gasteiger partial charge in [-0.15, -0.1) is 11.3 Å². The Morgan fingerprint density at radius 1 is 1.09 bits per heavy atom. The number of H-pyrrole nitrogens is 1. The summed E-state index contributed by atoms with van der Waals surface area (Å²) < 4.78 is 5.37. The van der Waals surface area contributed by atoms with Crippen LogP contribution in [0.15, 0.2) is 72.6 Å². The summed E-state index contributed by atoms with van der Waals surface area (Å²) >= 11 is 1.40. The number of aryl methyl sites for hydroxylation is 2. The Balaban J connectivity index is 1.03. The second-order valence-corrected chi connectivity index (χ2v) is 11.2. The SMILES string of the molecule is CN(CCOC(=O)NCc1ccc(CCc2nc(N)nc3[nH]cnc23)cc1)c1ccc(-c2ccc(/C=C(\C#N)C(=O)O)s2)cc1. The Labute approximate surface area is 262 Å². The molecule has 13 heteroatoms. The maximum absolute atomic E-state index is 12.3. The van der Waals surface area contributed by atoms with Crippen molar-refractivity contribution in [2.45, 2.75) is 19.4 Å². The molecule has 0 unspecified atom stereocenters. The first-order chi connectivity index (χ1) is 21.8. The van der Waals surface area contributed by atoms with E-state index in [1.165, 1.54) is 17.4 Å². The maximum Gasteiger partial charge on any atom is 0.407 e. The number of nitriles is 1. The molecule has 2 aromatic carbocycles. The molecule has 1 amide bonds. The van der Waals surface area contributed by atoms with E-state index in [-0.39, 0.29) is 18.1 Å². The van der Waals surface area contributed by atoms with Gasteiger partial charge in [-0.2, -0.15) is 10.2 Å². The van der Waals surface area contributed by atoms with Crippen molar-refractivity contribution in [2.75, 3.05) is 30.8 Å². The van der Waals surface area contributed by atoms with E-state index >= 15 is 0 Å². The number of fused-ring (bicyclic) bond motifs is 1. The fraction of sp³-hybridized carbons (Fsp3) is 0.188. The van der Waals surface area contributed by atoms with Crippen molar-refractivity contribution in [1.82, 2.24) is 25.3 Å². The van der Waals surface area contributed by atoms with E-state index < -0.39 is 12.1 Å². The number of thiophene rings is 1. The van der Waals surface area contributed by atoms with E-state index in [0.717, 1.165) is 44.9 Å². The molecular weight excluding hydrogens is 592 g/mol. The molecule has 0 aliphatic carbocycles. The molecule has 5 aromatic rings. The minimum absolute atomic E-state index is 0.214. The summed E-state index contributed by atoms with van der Waals surface area (Å²) in [6.07, 6.45) is 3.89. The van der Waals surface area contributed by atoms with Crippen molar-refractivity contribution in [1.29, 1.82) is 5.26 Å². The Morgan fingerprint density at radius 2 is 1.84 bits per heavy atom. The van der Waals surface area contributed by atoms with Crippen LogP contribution in [-0.4, -0.2) is 57.3 Å². The molecule has 12 nitrogen and oxygen atoms in total. The fourth-order valence-electron chi connectivity index (χ4n) is 4.55. The minimum atomic E-state index is -1.25. The second kappa shape index (κ2) is 14.2. The molecule has 0 radical (unpaired) electrons. The molecule has 3 heterocycles. The number of likely N-dealkylation sites (N-methyl/N-ethyl adjacent to an activating group) is 1. The number of hydrogen-bond acceptors (Lipinski definition) is 10. The van der Waals surface area contributed by atoms with Gasteiger partial charge in [-0.25, -0.2) is 19.6 Å². The number of ether oxygens (including phenoxy) is 1. The normalized spacial score (nSPS) is 11.2. The Bertz CT molecular complexity index is 1870. The van der Waals surface area contributed by atoms with Crippen LogP contribution in [0.3, 0.4) is 0 Å². The minimum Gasteiger partial charge on any atom is -0.477 e. The largest absolute Gasteiger partial charge is 0.477 e. The molecule has 0 saturated heterocycles. The summed E-state index contributed by atoms with van der Waals surface area (Å²) in [5.74, 6) is -1.03. The first kappa shape index (κ1) is 30.7. The van der Waals surface area contributed by atoms with Crippen molar-refractivity contribution < 1.29 is 19.4 Å². The highest BCUT2D eigenvalue weighted by Crippen LogP contribution is 2.30. The summed E-state index contributed by atoms with van der Waals surface area (Å²) in [7, 11) is 1.91. The molecule has 0 aliphatic rings. The molecule has 5 N–H and O–H groups in total. The van der Waals surface area contributed by atoms with Gasteiger partial charge < -0.3 is 30.8 Å². The zero-order valence-corrected chi connectivity index (χ0v) is 25.2. The smallest absolute Gasteiger partial charge is 0.407 e. The van der Waals surface area contributed by atoms with Crippen LogP contribution in [0.1, 0.15) is 21.7 Å². The Morgan fingerprint density at radius 3 is 2.58 bits per heavy atom. The number of aliphatic carboxylic acids is 1. The predicted molar refractivity (Wildman–Crippen MR) is 172 cm³/mol. The molecule has 0 aliphatic heterocycles. The third-order valence-corrected chi connectivity index (χ3v) is 8.08. The number of benzene rings is 2. The van der Waals surface area contributed by atoms with E-state index in [9.17, 15) is 9.59 Å². The summed E-state index contributed by atoms with van der Waals surface area (Å²) in [5, 5.41) is 20.8. The van der Waals surface area contributed by atoms with Crippen molar-refractivity contribution in [2.24, 2.45) is 0 Å². The number of aromatic amines is 1.